The molecule has 84 valence electrons. The van der Waals surface area contributed by atoms with Gasteiger partial charge in [0.2, 0.25) is 0 Å². The lowest BCUT2D eigenvalue weighted by Gasteiger charge is -2.26. The van der Waals surface area contributed by atoms with Crippen LogP contribution in [-0.4, -0.2) is 12.1 Å². The monoisotopic (exact) mass is 207 g/mol. The fraction of sp³-hybridized carbons (Fsp3) is 0.538. The second-order valence-corrected chi connectivity index (χ2v) is 4.65. The highest BCUT2D eigenvalue weighted by molar-refractivity contribution is 5.34. The number of benzene rings is 1. The molecule has 0 aliphatic rings. The highest BCUT2D eigenvalue weighted by Gasteiger charge is 2.18. The summed E-state index contributed by atoms with van der Waals surface area (Å²) in [4.78, 5) is 0. The molecular weight excluding hydrogens is 186 g/mol. The molecule has 0 atom stereocenters. The number of ether oxygens (including phenoxy) is 1. The van der Waals surface area contributed by atoms with Gasteiger partial charge < -0.3 is 10.5 Å². The number of aryl methyl sites for hydroxylation is 2. The molecule has 0 spiro atoms. The van der Waals surface area contributed by atoms with E-state index < -0.39 is 0 Å². The normalized spacial score (nSPS) is 11.5. The summed E-state index contributed by atoms with van der Waals surface area (Å²) in [6, 6.07) is 6.18. The van der Waals surface area contributed by atoms with Crippen LogP contribution < -0.4 is 10.5 Å². The van der Waals surface area contributed by atoms with E-state index in [0.29, 0.717) is 6.54 Å². The molecule has 1 aromatic carbocycles. The van der Waals surface area contributed by atoms with Crippen LogP contribution in [0.3, 0.4) is 0 Å². The van der Waals surface area contributed by atoms with Crippen LogP contribution in [-0.2, 0) is 0 Å². The summed E-state index contributed by atoms with van der Waals surface area (Å²) in [5.41, 5.74) is 7.91. The Balaban J connectivity index is 2.76. The predicted molar refractivity (Wildman–Crippen MR) is 64.3 cm³/mol. The van der Waals surface area contributed by atoms with Crippen LogP contribution in [0, 0.1) is 13.8 Å². The molecule has 0 heterocycles. The van der Waals surface area contributed by atoms with Crippen LogP contribution in [0.25, 0.3) is 0 Å². The van der Waals surface area contributed by atoms with Gasteiger partial charge in [-0.1, -0.05) is 6.07 Å². The average molecular weight is 207 g/mol. The van der Waals surface area contributed by atoms with Crippen molar-refractivity contribution in [2.24, 2.45) is 5.73 Å². The van der Waals surface area contributed by atoms with Crippen molar-refractivity contribution >= 4 is 0 Å². The molecule has 0 fully saturated rings. The van der Waals surface area contributed by atoms with E-state index in [1.165, 1.54) is 11.1 Å². The van der Waals surface area contributed by atoms with E-state index in [-0.39, 0.29) is 5.60 Å². The second kappa shape index (κ2) is 4.67. The minimum Gasteiger partial charge on any atom is -0.488 e. The Bertz CT molecular complexity index is 331. The van der Waals surface area contributed by atoms with E-state index in [0.717, 1.165) is 12.2 Å². The summed E-state index contributed by atoms with van der Waals surface area (Å²) in [7, 11) is 0. The molecule has 0 saturated heterocycles. The summed E-state index contributed by atoms with van der Waals surface area (Å²) >= 11 is 0. The van der Waals surface area contributed by atoms with Gasteiger partial charge >= 0.3 is 0 Å². The summed E-state index contributed by atoms with van der Waals surface area (Å²) in [5.74, 6) is 0.927. The van der Waals surface area contributed by atoms with E-state index in [1.807, 2.05) is 6.07 Å². The highest BCUT2D eigenvalue weighted by Crippen LogP contribution is 2.22. The molecule has 0 amide bonds. The molecule has 0 bridgehead atoms. The van der Waals surface area contributed by atoms with Crippen molar-refractivity contribution in [1.82, 2.24) is 0 Å². The van der Waals surface area contributed by atoms with E-state index in [9.17, 15) is 0 Å². The van der Waals surface area contributed by atoms with Crippen molar-refractivity contribution in [3.63, 3.8) is 0 Å². The SMILES string of the molecule is Cc1ccc(OC(C)(C)CCN)cc1C. The first-order valence-electron chi connectivity index (χ1n) is 5.41. The molecule has 0 saturated carbocycles. The quantitative estimate of drug-likeness (QED) is 0.824. The van der Waals surface area contributed by atoms with Crippen LogP contribution in [0.1, 0.15) is 31.4 Å². The van der Waals surface area contributed by atoms with Gasteiger partial charge in [0, 0.05) is 0 Å². The van der Waals surface area contributed by atoms with Gasteiger partial charge in [0.25, 0.3) is 0 Å². The van der Waals surface area contributed by atoms with Crippen LogP contribution in [0.2, 0.25) is 0 Å². The zero-order valence-electron chi connectivity index (χ0n) is 10.1. The molecule has 2 nitrogen and oxygen atoms in total. The van der Waals surface area contributed by atoms with Gasteiger partial charge in [-0.15, -0.1) is 0 Å². The Morgan fingerprint density at radius 2 is 1.87 bits per heavy atom. The van der Waals surface area contributed by atoms with Crippen LogP contribution >= 0.6 is 0 Å². The smallest absolute Gasteiger partial charge is 0.120 e. The lowest BCUT2D eigenvalue weighted by molar-refractivity contribution is 0.102. The lowest BCUT2D eigenvalue weighted by Crippen LogP contribution is -2.31. The van der Waals surface area contributed by atoms with Gasteiger partial charge in [-0.2, -0.15) is 0 Å². The van der Waals surface area contributed by atoms with Gasteiger partial charge in [-0.05, 0) is 63.9 Å². The van der Waals surface area contributed by atoms with Crippen molar-refractivity contribution in [3.8, 4) is 5.75 Å². The summed E-state index contributed by atoms with van der Waals surface area (Å²) in [5, 5.41) is 0. The fourth-order valence-corrected chi connectivity index (χ4v) is 1.50. The van der Waals surface area contributed by atoms with Crippen molar-refractivity contribution in [2.75, 3.05) is 6.54 Å². The molecule has 0 radical (unpaired) electrons. The first kappa shape index (κ1) is 12.1. The summed E-state index contributed by atoms with van der Waals surface area (Å²) in [6.45, 7) is 8.98. The minimum absolute atomic E-state index is 0.184. The third-order valence-electron chi connectivity index (χ3n) is 2.62. The maximum Gasteiger partial charge on any atom is 0.120 e. The van der Waals surface area contributed by atoms with E-state index in [1.54, 1.807) is 0 Å². The fourth-order valence-electron chi connectivity index (χ4n) is 1.50. The van der Waals surface area contributed by atoms with Crippen LogP contribution in [0.5, 0.6) is 5.75 Å². The second-order valence-electron chi connectivity index (χ2n) is 4.65. The molecule has 1 rings (SSSR count). The Kier molecular flexibility index (Phi) is 3.75. The topological polar surface area (TPSA) is 35.2 Å². The third kappa shape index (κ3) is 3.56. The Morgan fingerprint density at radius 1 is 1.20 bits per heavy atom. The van der Waals surface area contributed by atoms with Gasteiger partial charge in [0.1, 0.15) is 11.4 Å². The number of rotatable bonds is 4. The molecule has 1 aromatic rings. The average Bonchev–Trinajstić information content (AvgIpc) is 2.10. The van der Waals surface area contributed by atoms with Crippen molar-refractivity contribution < 1.29 is 4.74 Å². The van der Waals surface area contributed by atoms with E-state index in [2.05, 4.69) is 39.8 Å². The van der Waals surface area contributed by atoms with Crippen molar-refractivity contribution in [3.05, 3.63) is 29.3 Å². The standard InChI is InChI=1S/C13H21NO/c1-10-5-6-12(9-11(10)2)15-13(3,4)7-8-14/h5-6,9H,7-8,14H2,1-4H3. The molecule has 0 aromatic heterocycles. The molecule has 2 N–H and O–H groups in total. The number of nitrogens with two attached hydrogens (primary N) is 1. The number of hydrogen-bond acceptors (Lipinski definition) is 2. The minimum atomic E-state index is -0.184. The molecule has 2 heteroatoms. The largest absolute Gasteiger partial charge is 0.488 e. The van der Waals surface area contributed by atoms with Gasteiger partial charge in [-0.25, -0.2) is 0 Å². The molecule has 15 heavy (non-hydrogen) atoms. The van der Waals surface area contributed by atoms with Gasteiger partial charge in [0.15, 0.2) is 0 Å². The Labute approximate surface area is 92.4 Å². The molecule has 0 aliphatic carbocycles. The summed E-state index contributed by atoms with van der Waals surface area (Å²) < 4.78 is 5.90. The van der Waals surface area contributed by atoms with Crippen LogP contribution in [0.4, 0.5) is 0 Å². The lowest BCUT2D eigenvalue weighted by atomic mass is 10.0. The molecule has 0 unspecified atom stereocenters. The molecule has 0 aliphatic heterocycles. The zero-order valence-corrected chi connectivity index (χ0v) is 10.1. The van der Waals surface area contributed by atoms with Crippen molar-refractivity contribution in [1.29, 1.82) is 0 Å². The summed E-state index contributed by atoms with van der Waals surface area (Å²) in [6.07, 6.45) is 0.861. The first-order chi connectivity index (χ1) is 6.94. The first-order valence-corrected chi connectivity index (χ1v) is 5.41. The van der Waals surface area contributed by atoms with Gasteiger partial charge in [0.05, 0.1) is 0 Å². The third-order valence-corrected chi connectivity index (χ3v) is 2.62. The van der Waals surface area contributed by atoms with Crippen LogP contribution in [0.15, 0.2) is 18.2 Å². The predicted octanol–water partition coefficient (Wildman–Crippen LogP) is 2.81. The zero-order chi connectivity index (χ0) is 11.5. The highest BCUT2D eigenvalue weighted by atomic mass is 16.5. The van der Waals surface area contributed by atoms with Gasteiger partial charge in [-0.3, -0.25) is 0 Å². The maximum atomic E-state index is 5.90. The Morgan fingerprint density at radius 3 is 2.40 bits per heavy atom. The molecular formula is C13H21NO. The van der Waals surface area contributed by atoms with E-state index in [4.69, 9.17) is 10.5 Å². The Hall–Kier alpha value is -1.02. The van der Waals surface area contributed by atoms with Crippen molar-refractivity contribution in [2.45, 2.75) is 39.7 Å². The maximum absolute atomic E-state index is 5.90. The van der Waals surface area contributed by atoms with E-state index >= 15 is 0 Å². The number of hydrogen-bond donors (Lipinski definition) is 1.